The molecule has 1 atom stereocenters. The molecule has 1 N–H and O–H groups in total. The smallest absolute Gasteiger partial charge is 0.0687 e. The molecule has 0 aliphatic carbocycles. The minimum absolute atomic E-state index is 0.0537. The predicted octanol–water partition coefficient (Wildman–Crippen LogP) is 2.20. The monoisotopic (exact) mass is 219 g/mol. The molecule has 0 aliphatic rings. The van der Waals surface area contributed by atoms with Gasteiger partial charge in [0, 0.05) is 0 Å². The molecule has 0 radical (unpaired) electrons. The summed E-state index contributed by atoms with van der Waals surface area (Å²) in [6.45, 7) is -0.0537. The zero-order valence-corrected chi connectivity index (χ0v) is 8.54. The first-order valence-electron chi connectivity index (χ1n) is 3.99. The maximum absolute atomic E-state index is 8.95. The number of nitrogens with zero attached hydrogens (tertiary/aromatic N) is 1. The third kappa shape index (κ3) is 3.53. The maximum atomic E-state index is 8.95. The standard InChI is InChI=1S/C9H11Cl2NO/c10-12(11)9(7-13)6-8-4-2-1-3-5-8/h1-5,9,13H,6-7H2/t9-/m0/s1. The fraction of sp³-hybridized carbons (Fsp3) is 0.333. The first-order chi connectivity index (χ1) is 6.24. The SMILES string of the molecule is OC[C@H](Cc1ccccc1)N(Cl)Cl. The van der Waals surface area contributed by atoms with Crippen molar-refractivity contribution in [1.29, 1.82) is 0 Å². The molecule has 1 aromatic carbocycles. The average molecular weight is 220 g/mol. The van der Waals surface area contributed by atoms with Crippen molar-refractivity contribution in [2.75, 3.05) is 6.61 Å². The highest BCUT2D eigenvalue weighted by Crippen LogP contribution is 2.12. The van der Waals surface area contributed by atoms with Gasteiger partial charge < -0.3 is 5.11 Å². The molecule has 0 unspecified atom stereocenters. The van der Waals surface area contributed by atoms with Gasteiger partial charge in [-0.15, -0.1) is 3.94 Å². The van der Waals surface area contributed by atoms with E-state index in [1.807, 2.05) is 30.3 Å². The Labute approximate surface area is 87.9 Å². The molecule has 0 saturated carbocycles. The van der Waals surface area contributed by atoms with Crippen LogP contribution < -0.4 is 0 Å². The normalized spacial score (nSPS) is 13.2. The van der Waals surface area contributed by atoms with Crippen LogP contribution in [0.25, 0.3) is 0 Å². The van der Waals surface area contributed by atoms with Gasteiger partial charge in [-0.3, -0.25) is 0 Å². The summed E-state index contributed by atoms with van der Waals surface area (Å²) in [4.78, 5) is 0. The summed E-state index contributed by atoms with van der Waals surface area (Å²) >= 11 is 11.1. The first kappa shape index (κ1) is 10.8. The Morgan fingerprint density at radius 2 is 1.85 bits per heavy atom. The minimum atomic E-state index is -0.245. The van der Waals surface area contributed by atoms with Crippen LogP contribution in [0.1, 0.15) is 5.56 Å². The van der Waals surface area contributed by atoms with Crippen LogP contribution in [0.4, 0.5) is 0 Å². The zero-order valence-electron chi connectivity index (χ0n) is 7.03. The van der Waals surface area contributed by atoms with E-state index in [0.717, 1.165) is 9.50 Å². The lowest BCUT2D eigenvalue weighted by Gasteiger charge is -2.16. The maximum Gasteiger partial charge on any atom is 0.0687 e. The van der Waals surface area contributed by atoms with E-state index in [1.54, 1.807) is 0 Å². The van der Waals surface area contributed by atoms with Crippen molar-refractivity contribution < 1.29 is 5.11 Å². The molecule has 0 amide bonds. The Bertz CT molecular complexity index is 241. The van der Waals surface area contributed by atoms with Crippen molar-refractivity contribution in [3.8, 4) is 0 Å². The highest BCUT2D eigenvalue weighted by atomic mass is 35.5. The van der Waals surface area contributed by atoms with E-state index in [1.165, 1.54) is 0 Å². The van der Waals surface area contributed by atoms with Crippen LogP contribution in [0, 0.1) is 0 Å². The van der Waals surface area contributed by atoms with Gasteiger partial charge in [-0.05, 0) is 35.5 Å². The number of hydrogen-bond donors (Lipinski definition) is 1. The van der Waals surface area contributed by atoms with E-state index in [9.17, 15) is 0 Å². The summed E-state index contributed by atoms with van der Waals surface area (Å²) in [6, 6.07) is 9.52. The summed E-state index contributed by atoms with van der Waals surface area (Å²) in [5.74, 6) is 0. The average Bonchev–Trinajstić information content (AvgIpc) is 2.15. The van der Waals surface area contributed by atoms with Crippen LogP contribution in [0.2, 0.25) is 0 Å². The molecule has 1 aromatic rings. The van der Waals surface area contributed by atoms with Gasteiger partial charge in [0.2, 0.25) is 0 Å². The second-order valence-corrected chi connectivity index (χ2v) is 3.69. The lowest BCUT2D eigenvalue weighted by Crippen LogP contribution is -2.26. The summed E-state index contributed by atoms with van der Waals surface area (Å²) < 4.78 is 0.993. The fourth-order valence-electron chi connectivity index (χ4n) is 1.08. The topological polar surface area (TPSA) is 23.5 Å². The molecule has 72 valence electrons. The summed E-state index contributed by atoms with van der Waals surface area (Å²) in [6.07, 6.45) is 0.643. The van der Waals surface area contributed by atoms with Gasteiger partial charge in [0.15, 0.2) is 0 Å². The van der Waals surface area contributed by atoms with Crippen molar-refractivity contribution in [3.05, 3.63) is 35.9 Å². The number of aliphatic hydroxyl groups excluding tert-OH is 1. The van der Waals surface area contributed by atoms with Crippen molar-refractivity contribution in [2.45, 2.75) is 12.5 Å². The van der Waals surface area contributed by atoms with Crippen LogP contribution >= 0.6 is 23.6 Å². The molecule has 0 aliphatic heterocycles. The van der Waals surface area contributed by atoms with Crippen LogP contribution in [0.15, 0.2) is 30.3 Å². The quantitative estimate of drug-likeness (QED) is 0.786. The highest BCUT2D eigenvalue weighted by Gasteiger charge is 2.13. The summed E-state index contributed by atoms with van der Waals surface area (Å²) in [7, 11) is 0. The molecule has 0 saturated heterocycles. The molecule has 1 rings (SSSR count). The number of benzene rings is 1. The molecule has 13 heavy (non-hydrogen) atoms. The second kappa shape index (κ2) is 5.45. The van der Waals surface area contributed by atoms with Crippen molar-refractivity contribution in [2.24, 2.45) is 0 Å². The molecule has 0 spiro atoms. The van der Waals surface area contributed by atoms with Crippen molar-refractivity contribution in [1.82, 2.24) is 3.94 Å². The van der Waals surface area contributed by atoms with E-state index in [2.05, 4.69) is 0 Å². The largest absolute Gasteiger partial charge is 0.395 e. The highest BCUT2D eigenvalue weighted by molar-refractivity contribution is 6.33. The van der Waals surface area contributed by atoms with Gasteiger partial charge in [0.1, 0.15) is 0 Å². The van der Waals surface area contributed by atoms with Gasteiger partial charge in [-0.25, -0.2) is 0 Å². The summed E-state index contributed by atoms with van der Waals surface area (Å²) in [5, 5.41) is 8.95. The zero-order chi connectivity index (χ0) is 9.68. The van der Waals surface area contributed by atoms with E-state index in [-0.39, 0.29) is 12.6 Å². The van der Waals surface area contributed by atoms with Gasteiger partial charge in [-0.2, -0.15) is 0 Å². The fourth-order valence-corrected chi connectivity index (χ4v) is 1.34. The van der Waals surface area contributed by atoms with Crippen LogP contribution in [0.5, 0.6) is 0 Å². The van der Waals surface area contributed by atoms with Gasteiger partial charge in [0.05, 0.1) is 12.6 Å². The number of halogens is 2. The Morgan fingerprint density at radius 3 is 2.31 bits per heavy atom. The summed E-state index contributed by atoms with van der Waals surface area (Å²) in [5.41, 5.74) is 1.10. The van der Waals surface area contributed by atoms with Crippen LogP contribution in [0.3, 0.4) is 0 Å². The Kier molecular flexibility index (Phi) is 4.53. The number of rotatable bonds is 4. The molecule has 4 heteroatoms. The molecule has 0 aromatic heterocycles. The second-order valence-electron chi connectivity index (χ2n) is 2.79. The van der Waals surface area contributed by atoms with E-state index >= 15 is 0 Å². The lowest BCUT2D eigenvalue weighted by molar-refractivity contribution is 0.229. The van der Waals surface area contributed by atoms with E-state index in [4.69, 9.17) is 28.7 Å². The van der Waals surface area contributed by atoms with Crippen LogP contribution in [-0.4, -0.2) is 21.7 Å². The van der Waals surface area contributed by atoms with Gasteiger partial charge in [0.25, 0.3) is 0 Å². The number of aliphatic hydroxyl groups is 1. The minimum Gasteiger partial charge on any atom is -0.395 e. The third-order valence-corrected chi connectivity index (χ3v) is 2.35. The Morgan fingerprint density at radius 1 is 1.23 bits per heavy atom. The molecule has 2 nitrogen and oxygen atoms in total. The molecule has 0 fully saturated rings. The van der Waals surface area contributed by atoms with Gasteiger partial charge >= 0.3 is 0 Å². The Hall–Kier alpha value is -0.280. The van der Waals surface area contributed by atoms with E-state index in [0.29, 0.717) is 6.42 Å². The number of hydrogen-bond acceptors (Lipinski definition) is 2. The predicted molar refractivity (Wildman–Crippen MR) is 54.6 cm³/mol. The van der Waals surface area contributed by atoms with Crippen molar-refractivity contribution >= 4 is 23.6 Å². The van der Waals surface area contributed by atoms with Crippen LogP contribution in [-0.2, 0) is 6.42 Å². The molecule has 0 bridgehead atoms. The molecule has 0 heterocycles. The van der Waals surface area contributed by atoms with Gasteiger partial charge in [-0.1, -0.05) is 30.3 Å². The van der Waals surface area contributed by atoms with Crippen molar-refractivity contribution in [3.63, 3.8) is 0 Å². The van der Waals surface area contributed by atoms with E-state index < -0.39 is 0 Å². The molecular weight excluding hydrogens is 209 g/mol. The Balaban J connectivity index is 2.57. The third-order valence-electron chi connectivity index (χ3n) is 1.80. The first-order valence-corrected chi connectivity index (χ1v) is 4.67. The lowest BCUT2D eigenvalue weighted by atomic mass is 10.1. The molecular formula is C9H11Cl2NO.